The summed E-state index contributed by atoms with van der Waals surface area (Å²) in [5, 5.41) is 11.1. The summed E-state index contributed by atoms with van der Waals surface area (Å²) in [6.07, 6.45) is 1.53. The highest BCUT2D eigenvalue weighted by Crippen LogP contribution is 2.16. The number of hydrogen-bond donors (Lipinski definition) is 3. The van der Waals surface area contributed by atoms with E-state index < -0.39 is 0 Å². The molecule has 0 fully saturated rings. The third-order valence-corrected chi connectivity index (χ3v) is 3.29. The number of nitrogens with one attached hydrogen (secondary N) is 2. The molecule has 1 heterocycles. The van der Waals surface area contributed by atoms with Crippen molar-refractivity contribution in [3.63, 3.8) is 0 Å². The van der Waals surface area contributed by atoms with Gasteiger partial charge in [0.2, 0.25) is 5.91 Å². The van der Waals surface area contributed by atoms with Gasteiger partial charge in [-0.1, -0.05) is 25.1 Å². The van der Waals surface area contributed by atoms with Crippen molar-refractivity contribution in [2.24, 2.45) is 11.7 Å². The van der Waals surface area contributed by atoms with E-state index in [1.54, 1.807) is 6.07 Å². The van der Waals surface area contributed by atoms with E-state index in [1.165, 1.54) is 0 Å². The van der Waals surface area contributed by atoms with E-state index in [-0.39, 0.29) is 17.4 Å². The Hall–Kier alpha value is -2.37. The first-order valence-electron chi connectivity index (χ1n) is 6.60. The Morgan fingerprint density at radius 1 is 1.40 bits per heavy atom. The predicted molar refractivity (Wildman–Crippen MR) is 78.4 cm³/mol. The van der Waals surface area contributed by atoms with Gasteiger partial charge in [-0.3, -0.25) is 9.59 Å². The average molecular weight is 274 g/mol. The number of benzene rings is 1. The topological polar surface area (TPSA) is 101 Å². The van der Waals surface area contributed by atoms with Crippen molar-refractivity contribution < 1.29 is 4.79 Å². The molecule has 0 aliphatic carbocycles. The van der Waals surface area contributed by atoms with E-state index in [1.807, 2.05) is 25.1 Å². The number of rotatable bonds is 6. The molecule has 6 nitrogen and oxygen atoms in total. The number of carbonyl (C=O) groups excluding carboxylic acids is 1. The van der Waals surface area contributed by atoms with Gasteiger partial charge in [0.15, 0.2) is 5.82 Å². The number of carbonyl (C=O) groups is 1. The summed E-state index contributed by atoms with van der Waals surface area (Å²) in [6.45, 7) is 2.48. The van der Waals surface area contributed by atoms with Gasteiger partial charge in [-0.05, 0) is 18.9 Å². The predicted octanol–water partition coefficient (Wildman–Crippen LogP) is 1.24. The molecule has 0 radical (unpaired) electrons. The first-order valence-corrected chi connectivity index (χ1v) is 6.60. The third kappa shape index (κ3) is 3.14. The van der Waals surface area contributed by atoms with Crippen LogP contribution in [0.15, 0.2) is 29.1 Å². The Balaban J connectivity index is 2.02. The molecule has 0 bridgehead atoms. The van der Waals surface area contributed by atoms with Crippen molar-refractivity contribution in [1.29, 1.82) is 0 Å². The summed E-state index contributed by atoms with van der Waals surface area (Å²) in [4.78, 5) is 22.6. The quantitative estimate of drug-likeness (QED) is 0.690. The standard InChI is InChI=1S/C14H18N4O2/c1-9(12(15)19)5-4-8-16-13-10-6-2-3-7-11(10)14(20)18-17-13/h2-3,6-7,9H,4-5,8H2,1H3,(H2,15,19)(H,16,17)(H,18,20). The van der Waals surface area contributed by atoms with Crippen LogP contribution in [0, 0.1) is 5.92 Å². The van der Waals surface area contributed by atoms with Gasteiger partial charge in [-0.2, -0.15) is 5.10 Å². The molecule has 2 rings (SSSR count). The number of H-pyrrole nitrogens is 1. The van der Waals surface area contributed by atoms with Gasteiger partial charge in [0.05, 0.1) is 5.39 Å². The fourth-order valence-corrected chi connectivity index (χ4v) is 2.01. The number of anilines is 1. The highest BCUT2D eigenvalue weighted by Gasteiger charge is 2.08. The molecular weight excluding hydrogens is 256 g/mol. The highest BCUT2D eigenvalue weighted by atomic mass is 16.1. The lowest BCUT2D eigenvalue weighted by molar-refractivity contribution is -0.121. The minimum atomic E-state index is -0.280. The average Bonchev–Trinajstić information content (AvgIpc) is 2.45. The molecular formula is C14H18N4O2. The summed E-state index contributed by atoms with van der Waals surface area (Å²) >= 11 is 0. The van der Waals surface area contributed by atoms with Gasteiger partial charge >= 0.3 is 0 Å². The van der Waals surface area contributed by atoms with Crippen molar-refractivity contribution in [2.75, 3.05) is 11.9 Å². The summed E-state index contributed by atoms with van der Waals surface area (Å²) < 4.78 is 0. The van der Waals surface area contributed by atoms with Crippen LogP contribution in [0.2, 0.25) is 0 Å². The van der Waals surface area contributed by atoms with Crippen molar-refractivity contribution in [3.8, 4) is 0 Å². The summed E-state index contributed by atoms with van der Waals surface area (Å²) in [7, 11) is 0. The number of amides is 1. The van der Waals surface area contributed by atoms with E-state index in [4.69, 9.17) is 5.73 Å². The van der Waals surface area contributed by atoms with Crippen molar-refractivity contribution in [1.82, 2.24) is 10.2 Å². The lowest BCUT2D eigenvalue weighted by Gasteiger charge is -2.09. The zero-order valence-corrected chi connectivity index (χ0v) is 11.3. The molecule has 1 unspecified atom stereocenters. The number of nitrogens with zero attached hydrogens (tertiary/aromatic N) is 1. The SMILES string of the molecule is CC(CCCNc1n[nH]c(=O)c2ccccc12)C(N)=O. The van der Waals surface area contributed by atoms with Crippen LogP contribution in [0.5, 0.6) is 0 Å². The lowest BCUT2D eigenvalue weighted by Crippen LogP contribution is -2.21. The Kier molecular flexibility index (Phi) is 4.34. The second-order valence-corrected chi connectivity index (χ2v) is 4.82. The molecule has 1 aromatic carbocycles. The first kappa shape index (κ1) is 14.0. The molecule has 6 heteroatoms. The number of primary amides is 1. The summed E-state index contributed by atoms with van der Waals surface area (Å²) in [5.74, 6) is 0.238. The molecule has 20 heavy (non-hydrogen) atoms. The van der Waals surface area contributed by atoms with Gasteiger partial charge < -0.3 is 11.1 Å². The second kappa shape index (κ2) is 6.18. The fourth-order valence-electron chi connectivity index (χ4n) is 2.01. The smallest absolute Gasteiger partial charge is 0.272 e. The molecule has 1 aromatic heterocycles. The van der Waals surface area contributed by atoms with Gasteiger partial charge in [0.25, 0.3) is 5.56 Å². The molecule has 0 saturated heterocycles. The van der Waals surface area contributed by atoms with E-state index >= 15 is 0 Å². The molecule has 0 spiro atoms. The maximum absolute atomic E-state index is 11.6. The van der Waals surface area contributed by atoms with E-state index in [2.05, 4.69) is 15.5 Å². The van der Waals surface area contributed by atoms with Crippen LogP contribution in [0.1, 0.15) is 19.8 Å². The summed E-state index contributed by atoms with van der Waals surface area (Å²) in [6, 6.07) is 7.29. The largest absolute Gasteiger partial charge is 0.369 e. The van der Waals surface area contributed by atoms with Gasteiger partial charge in [-0.15, -0.1) is 0 Å². The number of hydrogen-bond acceptors (Lipinski definition) is 4. The fraction of sp³-hybridized carbons (Fsp3) is 0.357. The number of fused-ring (bicyclic) bond motifs is 1. The van der Waals surface area contributed by atoms with E-state index in [9.17, 15) is 9.59 Å². The van der Waals surface area contributed by atoms with Gasteiger partial charge in [-0.25, -0.2) is 5.10 Å². The first-order chi connectivity index (χ1) is 9.59. The van der Waals surface area contributed by atoms with Crippen molar-refractivity contribution >= 4 is 22.5 Å². The monoisotopic (exact) mass is 274 g/mol. The molecule has 106 valence electrons. The van der Waals surface area contributed by atoms with Crippen LogP contribution in [-0.2, 0) is 4.79 Å². The van der Waals surface area contributed by atoms with Crippen LogP contribution in [0.25, 0.3) is 10.8 Å². The molecule has 0 aliphatic rings. The Labute approximate surface area is 116 Å². The summed E-state index contributed by atoms with van der Waals surface area (Å²) in [5.41, 5.74) is 5.01. The highest BCUT2D eigenvalue weighted by molar-refractivity contribution is 5.90. The Morgan fingerprint density at radius 3 is 2.80 bits per heavy atom. The molecule has 2 aromatic rings. The molecule has 0 saturated carbocycles. The van der Waals surface area contributed by atoms with Gasteiger partial charge in [0, 0.05) is 17.8 Å². The Morgan fingerprint density at radius 2 is 2.10 bits per heavy atom. The van der Waals surface area contributed by atoms with E-state index in [0.29, 0.717) is 17.7 Å². The maximum atomic E-state index is 11.6. The van der Waals surface area contributed by atoms with Crippen LogP contribution >= 0.6 is 0 Å². The zero-order valence-electron chi connectivity index (χ0n) is 11.3. The maximum Gasteiger partial charge on any atom is 0.272 e. The van der Waals surface area contributed by atoms with Crippen LogP contribution in [0.4, 0.5) is 5.82 Å². The van der Waals surface area contributed by atoms with Gasteiger partial charge in [0.1, 0.15) is 0 Å². The van der Waals surface area contributed by atoms with Crippen LogP contribution in [-0.4, -0.2) is 22.6 Å². The van der Waals surface area contributed by atoms with Crippen LogP contribution in [0.3, 0.4) is 0 Å². The Bertz CT molecular complexity index is 666. The molecule has 0 aliphatic heterocycles. The van der Waals surface area contributed by atoms with Crippen molar-refractivity contribution in [3.05, 3.63) is 34.6 Å². The number of aromatic nitrogens is 2. The normalized spacial score (nSPS) is 12.2. The number of nitrogens with two attached hydrogens (primary N) is 1. The van der Waals surface area contributed by atoms with Crippen LogP contribution < -0.4 is 16.6 Å². The van der Waals surface area contributed by atoms with Crippen molar-refractivity contribution in [2.45, 2.75) is 19.8 Å². The van der Waals surface area contributed by atoms with E-state index in [0.717, 1.165) is 18.2 Å². The zero-order chi connectivity index (χ0) is 14.5. The number of aromatic amines is 1. The molecule has 4 N–H and O–H groups in total. The minimum absolute atomic E-state index is 0.128. The lowest BCUT2D eigenvalue weighted by atomic mass is 10.1. The molecule has 1 atom stereocenters. The third-order valence-electron chi connectivity index (χ3n) is 3.29. The second-order valence-electron chi connectivity index (χ2n) is 4.82. The minimum Gasteiger partial charge on any atom is -0.369 e. The molecule has 1 amide bonds.